The van der Waals surface area contributed by atoms with Crippen LogP contribution >= 0.6 is 0 Å². The van der Waals surface area contributed by atoms with Gasteiger partial charge in [0.25, 0.3) is 11.8 Å². The van der Waals surface area contributed by atoms with Gasteiger partial charge in [-0.15, -0.1) is 0 Å². The van der Waals surface area contributed by atoms with E-state index in [0.29, 0.717) is 30.1 Å². The van der Waals surface area contributed by atoms with Crippen molar-refractivity contribution in [3.05, 3.63) is 53.1 Å². The lowest BCUT2D eigenvalue weighted by atomic mass is 10.0. The van der Waals surface area contributed by atoms with Crippen LogP contribution in [0.2, 0.25) is 0 Å². The third kappa shape index (κ3) is 5.14. The first-order valence-corrected chi connectivity index (χ1v) is 9.43. The number of ether oxygens (including phenoxy) is 1. The fourth-order valence-corrected chi connectivity index (χ4v) is 3.13. The lowest BCUT2D eigenvalue weighted by molar-refractivity contribution is -0.143. The van der Waals surface area contributed by atoms with E-state index in [1.54, 1.807) is 0 Å². The molecular formula is C21H18F6N2O3. The minimum Gasteiger partial charge on any atom is -0.482 e. The summed E-state index contributed by atoms with van der Waals surface area (Å²) in [4.78, 5) is 26.2. The van der Waals surface area contributed by atoms with E-state index in [4.69, 9.17) is 4.74 Å². The molecule has 0 aliphatic carbocycles. The zero-order valence-electron chi connectivity index (χ0n) is 16.9. The second kappa shape index (κ2) is 8.36. The number of hydrogen-bond acceptors (Lipinski definition) is 3. The monoisotopic (exact) mass is 460 g/mol. The fourth-order valence-electron chi connectivity index (χ4n) is 3.13. The Balaban J connectivity index is 1.94. The topological polar surface area (TPSA) is 58.6 Å². The van der Waals surface area contributed by atoms with Gasteiger partial charge in [0.05, 0.1) is 16.8 Å². The van der Waals surface area contributed by atoms with Crippen molar-refractivity contribution in [1.82, 2.24) is 0 Å². The molecule has 11 heteroatoms. The lowest BCUT2D eigenvalue weighted by Crippen LogP contribution is -2.41. The Kier molecular flexibility index (Phi) is 6.12. The van der Waals surface area contributed by atoms with Crippen molar-refractivity contribution < 1.29 is 40.7 Å². The highest BCUT2D eigenvalue weighted by Gasteiger charge is 2.37. The molecule has 1 aliphatic heterocycles. The summed E-state index contributed by atoms with van der Waals surface area (Å²) < 4.78 is 83.6. The van der Waals surface area contributed by atoms with Gasteiger partial charge >= 0.3 is 12.4 Å². The Hall–Kier alpha value is -3.24. The highest BCUT2D eigenvalue weighted by molar-refractivity contribution is 6.05. The van der Waals surface area contributed by atoms with Crippen LogP contribution in [0.3, 0.4) is 0 Å². The summed E-state index contributed by atoms with van der Waals surface area (Å²) in [6.07, 6.45) is -10.1. The average molecular weight is 460 g/mol. The normalized spacial score (nSPS) is 14.3. The predicted molar refractivity (Wildman–Crippen MR) is 104 cm³/mol. The fraction of sp³-hybridized carbons (Fsp3) is 0.333. The number of carbonyl (C=O) groups is 2. The largest absolute Gasteiger partial charge is 0.482 e. The number of hydrogen-bond donors (Lipinski definition) is 1. The van der Waals surface area contributed by atoms with Gasteiger partial charge in [0.15, 0.2) is 6.61 Å². The van der Waals surface area contributed by atoms with Crippen LogP contribution in [0.5, 0.6) is 5.75 Å². The second-order valence-electron chi connectivity index (χ2n) is 7.62. The van der Waals surface area contributed by atoms with Crippen molar-refractivity contribution in [2.24, 2.45) is 5.92 Å². The predicted octanol–water partition coefficient (Wildman–Crippen LogP) is 5.36. The van der Waals surface area contributed by atoms with Crippen molar-refractivity contribution in [3.8, 4) is 5.75 Å². The molecule has 2 aromatic carbocycles. The summed E-state index contributed by atoms with van der Waals surface area (Å²) >= 11 is 0. The number of alkyl halides is 6. The summed E-state index contributed by atoms with van der Waals surface area (Å²) in [5, 5.41) is 2.29. The number of rotatable bonds is 4. The number of anilines is 2. The molecule has 0 radical (unpaired) electrons. The summed E-state index contributed by atoms with van der Waals surface area (Å²) in [5.41, 5.74) is -3.58. The lowest BCUT2D eigenvalue weighted by Gasteiger charge is -2.31. The Bertz CT molecular complexity index is 1010. The molecule has 1 aliphatic rings. The van der Waals surface area contributed by atoms with Gasteiger partial charge in [-0.3, -0.25) is 9.59 Å². The van der Waals surface area contributed by atoms with E-state index in [0.717, 1.165) is 0 Å². The standard InChI is InChI=1S/C21H18F6N2O3/c1-11(2)9-29-16-8-15(3-4-17(16)32-10-18(29)30)28-19(31)12-5-13(20(22,23)24)7-14(6-12)21(25,26)27/h3-8,11H,9-10H2,1-2H3,(H,28,31). The number of halogens is 6. The molecule has 1 N–H and O–H groups in total. The van der Waals surface area contributed by atoms with Crippen molar-refractivity contribution in [2.75, 3.05) is 23.4 Å². The SMILES string of the molecule is CC(C)CN1C(=O)COc2ccc(NC(=O)c3cc(C(F)(F)F)cc(C(F)(F)F)c3)cc21. The van der Waals surface area contributed by atoms with Gasteiger partial charge in [-0.05, 0) is 42.3 Å². The van der Waals surface area contributed by atoms with Crippen LogP contribution in [0.25, 0.3) is 0 Å². The molecule has 5 nitrogen and oxygen atoms in total. The van der Waals surface area contributed by atoms with E-state index in [9.17, 15) is 35.9 Å². The summed E-state index contributed by atoms with van der Waals surface area (Å²) in [7, 11) is 0. The number of nitrogens with one attached hydrogen (secondary N) is 1. The van der Waals surface area contributed by atoms with Crippen molar-refractivity contribution in [3.63, 3.8) is 0 Å². The highest BCUT2D eigenvalue weighted by Crippen LogP contribution is 2.37. The van der Waals surface area contributed by atoms with Crippen LogP contribution in [0.4, 0.5) is 37.7 Å². The molecule has 0 aromatic heterocycles. The number of amides is 2. The smallest absolute Gasteiger partial charge is 0.416 e. The molecule has 0 saturated carbocycles. The van der Waals surface area contributed by atoms with Gasteiger partial charge in [-0.2, -0.15) is 26.3 Å². The van der Waals surface area contributed by atoms with Gasteiger partial charge in [0, 0.05) is 17.8 Å². The van der Waals surface area contributed by atoms with E-state index in [1.807, 2.05) is 13.8 Å². The molecule has 32 heavy (non-hydrogen) atoms. The summed E-state index contributed by atoms with van der Waals surface area (Å²) in [5.74, 6) is -1.02. The average Bonchev–Trinajstić information content (AvgIpc) is 2.68. The van der Waals surface area contributed by atoms with E-state index < -0.39 is 35.0 Å². The van der Waals surface area contributed by atoms with E-state index in [2.05, 4.69) is 5.32 Å². The van der Waals surface area contributed by atoms with Crippen molar-refractivity contribution in [2.45, 2.75) is 26.2 Å². The van der Waals surface area contributed by atoms with Gasteiger partial charge in [-0.25, -0.2) is 0 Å². The Morgan fingerprint density at radius 2 is 1.62 bits per heavy atom. The molecule has 2 aromatic rings. The number of carbonyl (C=O) groups excluding carboxylic acids is 2. The molecule has 3 rings (SSSR count). The van der Waals surface area contributed by atoms with Crippen LogP contribution in [0.15, 0.2) is 36.4 Å². The zero-order valence-corrected chi connectivity index (χ0v) is 16.9. The maximum Gasteiger partial charge on any atom is 0.416 e. The van der Waals surface area contributed by atoms with E-state index in [-0.39, 0.29) is 30.2 Å². The van der Waals surface area contributed by atoms with Crippen LogP contribution in [0.1, 0.15) is 35.3 Å². The Morgan fingerprint density at radius 1 is 1.03 bits per heavy atom. The minimum absolute atomic E-state index is 0.0532. The molecule has 0 bridgehead atoms. The zero-order chi connectivity index (χ0) is 23.8. The molecule has 0 unspecified atom stereocenters. The van der Waals surface area contributed by atoms with Gasteiger partial charge in [-0.1, -0.05) is 13.8 Å². The highest BCUT2D eigenvalue weighted by atomic mass is 19.4. The first-order chi connectivity index (χ1) is 14.8. The number of fused-ring (bicyclic) bond motifs is 1. The number of nitrogens with zero attached hydrogens (tertiary/aromatic N) is 1. The molecule has 0 saturated heterocycles. The van der Waals surface area contributed by atoms with E-state index >= 15 is 0 Å². The summed E-state index contributed by atoms with van der Waals surface area (Å²) in [6, 6.07) is 4.85. The molecule has 0 spiro atoms. The van der Waals surface area contributed by atoms with Gasteiger partial charge < -0.3 is 15.0 Å². The van der Waals surface area contributed by atoms with Crippen molar-refractivity contribution in [1.29, 1.82) is 0 Å². The molecular weight excluding hydrogens is 442 g/mol. The van der Waals surface area contributed by atoms with Crippen molar-refractivity contribution >= 4 is 23.2 Å². The van der Waals surface area contributed by atoms with Gasteiger partial charge in [0.2, 0.25) is 0 Å². The van der Waals surface area contributed by atoms with Crippen LogP contribution < -0.4 is 15.0 Å². The third-order valence-corrected chi connectivity index (χ3v) is 4.56. The molecule has 0 atom stereocenters. The summed E-state index contributed by atoms with van der Waals surface area (Å²) in [6.45, 7) is 3.96. The first-order valence-electron chi connectivity index (χ1n) is 9.43. The quantitative estimate of drug-likeness (QED) is 0.626. The third-order valence-electron chi connectivity index (χ3n) is 4.56. The molecule has 172 valence electrons. The van der Waals surface area contributed by atoms with Crippen LogP contribution in [-0.2, 0) is 17.1 Å². The Morgan fingerprint density at radius 3 is 2.16 bits per heavy atom. The molecule has 2 amide bonds. The van der Waals surface area contributed by atoms with Crippen LogP contribution in [-0.4, -0.2) is 25.0 Å². The first kappa shape index (κ1) is 23.4. The van der Waals surface area contributed by atoms with Gasteiger partial charge in [0.1, 0.15) is 5.75 Å². The second-order valence-corrected chi connectivity index (χ2v) is 7.62. The number of benzene rings is 2. The molecule has 1 heterocycles. The molecule has 0 fully saturated rings. The maximum atomic E-state index is 13.0. The van der Waals surface area contributed by atoms with E-state index in [1.165, 1.54) is 23.1 Å². The minimum atomic E-state index is -5.07. The Labute approximate surface area is 179 Å². The van der Waals surface area contributed by atoms with Crippen LogP contribution in [0, 0.1) is 5.92 Å². The maximum absolute atomic E-state index is 13.0.